The molecule has 9 heteroatoms. The van der Waals surface area contributed by atoms with Crippen LogP contribution in [0, 0.1) is 5.92 Å². The Balaban J connectivity index is 1.86. The topological polar surface area (TPSA) is 121 Å². The first kappa shape index (κ1) is 15.2. The highest BCUT2D eigenvalue weighted by atomic mass is 16.4. The van der Waals surface area contributed by atoms with Crippen molar-refractivity contribution in [1.29, 1.82) is 0 Å². The molecule has 0 spiro atoms. The lowest BCUT2D eigenvalue weighted by Gasteiger charge is -2.25. The van der Waals surface area contributed by atoms with Crippen LogP contribution >= 0.6 is 0 Å². The van der Waals surface area contributed by atoms with Gasteiger partial charge in [-0.25, -0.2) is 9.48 Å². The van der Waals surface area contributed by atoms with Crippen LogP contribution in [0.4, 0.5) is 4.79 Å². The van der Waals surface area contributed by atoms with Crippen LogP contribution in [0.2, 0.25) is 0 Å². The summed E-state index contributed by atoms with van der Waals surface area (Å²) in [6.07, 6.45) is 2.35. The summed E-state index contributed by atoms with van der Waals surface area (Å²) in [4.78, 5) is 24.2. The third-order valence-corrected chi connectivity index (χ3v) is 3.63. The van der Waals surface area contributed by atoms with E-state index >= 15 is 0 Å². The quantitative estimate of drug-likeness (QED) is 0.659. The van der Waals surface area contributed by atoms with Crippen LogP contribution in [0.25, 0.3) is 0 Å². The minimum atomic E-state index is -1.01. The summed E-state index contributed by atoms with van der Waals surface area (Å²) in [6, 6.07) is -0.418. The molecule has 0 saturated carbocycles. The molecule has 2 unspecified atom stereocenters. The Morgan fingerprint density at radius 2 is 2.29 bits per heavy atom. The van der Waals surface area contributed by atoms with Crippen molar-refractivity contribution in [2.75, 3.05) is 13.2 Å². The normalized spacial score (nSPS) is 21.5. The number of carboxylic acids is 1. The van der Waals surface area contributed by atoms with E-state index < -0.39 is 5.97 Å². The maximum atomic E-state index is 12.1. The van der Waals surface area contributed by atoms with Crippen molar-refractivity contribution in [1.82, 2.24) is 25.2 Å². The van der Waals surface area contributed by atoms with E-state index in [1.54, 1.807) is 4.90 Å². The Morgan fingerprint density at radius 3 is 2.95 bits per heavy atom. The summed E-state index contributed by atoms with van der Waals surface area (Å²) < 4.78 is 1.19. The van der Waals surface area contributed by atoms with Gasteiger partial charge < -0.3 is 20.4 Å². The number of likely N-dealkylation sites (tertiary alicyclic amines) is 1. The number of carbonyl (C=O) groups is 2. The standard InChI is InChI=1S/C12H19N5O4/c1-8-2-3-17(10(8)7-18)12(21)13-4-9-5-16(15-14-9)6-11(19)20/h5,8,10,18H,2-4,6-7H2,1H3,(H,13,21)(H,19,20). The molecular weight excluding hydrogens is 278 g/mol. The van der Waals surface area contributed by atoms with Crippen molar-refractivity contribution in [2.45, 2.75) is 32.5 Å². The van der Waals surface area contributed by atoms with E-state index in [0.717, 1.165) is 6.42 Å². The fourth-order valence-electron chi connectivity index (χ4n) is 2.44. The number of hydrogen-bond donors (Lipinski definition) is 3. The highest BCUT2D eigenvalue weighted by Crippen LogP contribution is 2.23. The van der Waals surface area contributed by atoms with Gasteiger partial charge in [0.15, 0.2) is 0 Å². The minimum absolute atomic E-state index is 0.0522. The Labute approximate surface area is 121 Å². The predicted octanol–water partition coefficient (Wildman–Crippen LogP) is -0.725. The Kier molecular flexibility index (Phi) is 4.73. The third-order valence-electron chi connectivity index (χ3n) is 3.63. The van der Waals surface area contributed by atoms with Gasteiger partial charge in [0.2, 0.25) is 0 Å². The van der Waals surface area contributed by atoms with Crippen LogP contribution < -0.4 is 5.32 Å². The van der Waals surface area contributed by atoms with Gasteiger partial charge in [-0.15, -0.1) is 5.10 Å². The number of hydrogen-bond acceptors (Lipinski definition) is 5. The van der Waals surface area contributed by atoms with E-state index in [-0.39, 0.29) is 37.7 Å². The fourth-order valence-corrected chi connectivity index (χ4v) is 2.44. The summed E-state index contributed by atoms with van der Waals surface area (Å²) in [6.45, 7) is 2.47. The molecular formula is C12H19N5O4. The molecule has 1 aromatic rings. The maximum Gasteiger partial charge on any atom is 0.325 e. The second kappa shape index (κ2) is 6.53. The Morgan fingerprint density at radius 1 is 1.52 bits per heavy atom. The first-order chi connectivity index (χ1) is 10.0. The molecule has 21 heavy (non-hydrogen) atoms. The lowest BCUT2D eigenvalue weighted by atomic mass is 10.0. The number of rotatable bonds is 5. The van der Waals surface area contributed by atoms with Gasteiger partial charge in [-0.3, -0.25) is 4.79 Å². The van der Waals surface area contributed by atoms with E-state index in [0.29, 0.717) is 12.2 Å². The van der Waals surface area contributed by atoms with Crippen molar-refractivity contribution < 1.29 is 19.8 Å². The van der Waals surface area contributed by atoms with Gasteiger partial charge >= 0.3 is 12.0 Å². The van der Waals surface area contributed by atoms with Crippen molar-refractivity contribution >= 4 is 12.0 Å². The lowest BCUT2D eigenvalue weighted by Crippen LogP contribution is -2.45. The predicted molar refractivity (Wildman–Crippen MR) is 71.3 cm³/mol. The van der Waals surface area contributed by atoms with Crippen LogP contribution in [-0.4, -0.2) is 61.3 Å². The Hall–Kier alpha value is -2.16. The smallest absolute Gasteiger partial charge is 0.325 e. The number of nitrogens with one attached hydrogen (secondary N) is 1. The molecule has 2 amide bonds. The zero-order chi connectivity index (χ0) is 15.4. The SMILES string of the molecule is CC1CCN(C(=O)NCc2cn(CC(=O)O)nn2)C1CO. The number of amides is 2. The van der Waals surface area contributed by atoms with Crippen molar-refractivity contribution in [3.63, 3.8) is 0 Å². The summed E-state index contributed by atoms with van der Waals surface area (Å²) >= 11 is 0. The molecule has 116 valence electrons. The second-order valence-electron chi connectivity index (χ2n) is 5.17. The molecule has 0 aromatic carbocycles. The zero-order valence-electron chi connectivity index (χ0n) is 11.8. The second-order valence-corrected chi connectivity index (χ2v) is 5.17. The molecule has 0 bridgehead atoms. The van der Waals surface area contributed by atoms with Crippen LogP contribution in [0.1, 0.15) is 19.0 Å². The van der Waals surface area contributed by atoms with E-state index in [1.165, 1.54) is 10.9 Å². The summed E-state index contributed by atoms with van der Waals surface area (Å²) in [5.41, 5.74) is 0.484. The first-order valence-electron chi connectivity index (χ1n) is 6.77. The van der Waals surface area contributed by atoms with Crippen LogP contribution in [-0.2, 0) is 17.9 Å². The van der Waals surface area contributed by atoms with Gasteiger partial charge in [0.05, 0.1) is 25.4 Å². The van der Waals surface area contributed by atoms with Gasteiger partial charge in [-0.2, -0.15) is 0 Å². The van der Waals surface area contributed by atoms with E-state index in [9.17, 15) is 14.7 Å². The van der Waals surface area contributed by atoms with E-state index in [4.69, 9.17) is 5.11 Å². The van der Waals surface area contributed by atoms with Gasteiger partial charge in [0.25, 0.3) is 0 Å². The molecule has 0 radical (unpaired) electrons. The highest BCUT2D eigenvalue weighted by molar-refractivity contribution is 5.74. The first-order valence-corrected chi connectivity index (χ1v) is 6.77. The van der Waals surface area contributed by atoms with Gasteiger partial charge in [0, 0.05) is 6.54 Å². The summed E-state index contributed by atoms with van der Waals surface area (Å²) in [5.74, 6) is -0.732. The van der Waals surface area contributed by atoms with Crippen LogP contribution in [0.15, 0.2) is 6.20 Å². The number of aliphatic hydroxyl groups excluding tert-OH is 1. The number of aliphatic carboxylic acids is 1. The number of carboxylic acid groups (broad SMARTS) is 1. The monoisotopic (exact) mass is 297 g/mol. The van der Waals surface area contributed by atoms with Crippen LogP contribution in [0.5, 0.6) is 0 Å². The molecule has 2 atom stereocenters. The van der Waals surface area contributed by atoms with Crippen molar-refractivity contribution in [3.05, 3.63) is 11.9 Å². The number of nitrogens with zero attached hydrogens (tertiary/aromatic N) is 4. The molecule has 1 aromatic heterocycles. The van der Waals surface area contributed by atoms with Crippen LogP contribution in [0.3, 0.4) is 0 Å². The average molecular weight is 297 g/mol. The molecule has 0 aliphatic carbocycles. The van der Waals surface area contributed by atoms with E-state index in [1.807, 2.05) is 6.92 Å². The number of aromatic nitrogens is 3. The highest BCUT2D eigenvalue weighted by Gasteiger charge is 2.33. The van der Waals surface area contributed by atoms with Gasteiger partial charge in [-0.1, -0.05) is 12.1 Å². The van der Waals surface area contributed by atoms with Gasteiger partial charge in [-0.05, 0) is 12.3 Å². The molecule has 3 N–H and O–H groups in total. The Bertz CT molecular complexity index is 518. The number of carbonyl (C=O) groups excluding carboxylic acids is 1. The molecule has 9 nitrogen and oxygen atoms in total. The summed E-state index contributed by atoms with van der Waals surface area (Å²) in [5, 5.41) is 28.1. The molecule has 2 heterocycles. The maximum absolute atomic E-state index is 12.1. The fraction of sp³-hybridized carbons (Fsp3) is 0.667. The largest absolute Gasteiger partial charge is 0.480 e. The molecule has 1 aliphatic heterocycles. The average Bonchev–Trinajstić information content (AvgIpc) is 3.01. The lowest BCUT2D eigenvalue weighted by molar-refractivity contribution is -0.137. The van der Waals surface area contributed by atoms with Gasteiger partial charge in [0.1, 0.15) is 12.2 Å². The molecule has 2 rings (SSSR count). The zero-order valence-corrected chi connectivity index (χ0v) is 11.8. The van der Waals surface area contributed by atoms with Crippen molar-refractivity contribution in [2.24, 2.45) is 5.92 Å². The number of aliphatic hydroxyl groups is 1. The van der Waals surface area contributed by atoms with Crippen molar-refractivity contribution in [3.8, 4) is 0 Å². The third kappa shape index (κ3) is 3.69. The van der Waals surface area contributed by atoms with E-state index in [2.05, 4.69) is 15.6 Å². The molecule has 1 aliphatic rings. The molecule has 1 saturated heterocycles. The minimum Gasteiger partial charge on any atom is -0.480 e. The summed E-state index contributed by atoms with van der Waals surface area (Å²) in [7, 11) is 0. The molecule has 1 fully saturated rings. The number of urea groups is 1.